The van der Waals surface area contributed by atoms with Gasteiger partial charge in [0.2, 0.25) is 11.0 Å². The van der Waals surface area contributed by atoms with Crippen LogP contribution in [0, 0.1) is 11.6 Å². The molecule has 0 saturated carbocycles. The van der Waals surface area contributed by atoms with E-state index in [4.69, 9.17) is 10.5 Å². The van der Waals surface area contributed by atoms with Crippen LogP contribution in [0.3, 0.4) is 0 Å². The third-order valence-corrected chi connectivity index (χ3v) is 4.39. The summed E-state index contributed by atoms with van der Waals surface area (Å²) in [6.45, 7) is 3.15. The molecule has 140 valence electrons. The van der Waals surface area contributed by atoms with Gasteiger partial charge < -0.3 is 15.8 Å². The number of aromatic nitrogens is 1. The molecule has 0 saturated heterocycles. The molecule has 3 aromatic rings. The number of anilines is 1. The summed E-state index contributed by atoms with van der Waals surface area (Å²) in [5, 5.41) is 3.31. The maximum atomic E-state index is 13.2. The van der Waals surface area contributed by atoms with E-state index < -0.39 is 11.4 Å². The van der Waals surface area contributed by atoms with Crippen molar-refractivity contribution in [2.24, 2.45) is 5.73 Å². The summed E-state index contributed by atoms with van der Waals surface area (Å²) < 4.78 is 32.2. The maximum absolute atomic E-state index is 13.2. The van der Waals surface area contributed by atoms with Crippen LogP contribution in [0.1, 0.15) is 13.8 Å². The summed E-state index contributed by atoms with van der Waals surface area (Å²) in [6, 6.07) is 11.2. The molecule has 0 atom stereocenters. The summed E-state index contributed by atoms with van der Waals surface area (Å²) in [7, 11) is 0. The fourth-order valence-corrected chi connectivity index (χ4v) is 2.94. The van der Waals surface area contributed by atoms with Gasteiger partial charge in [0.1, 0.15) is 23.1 Å². The van der Waals surface area contributed by atoms with Crippen LogP contribution in [0.2, 0.25) is 0 Å². The molecule has 2 aromatic carbocycles. The van der Waals surface area contributed by atoms with Crippen LogP contribution < -0.4 is 15.8 Å². The maximum Gasteiger partial charge on any atom is 0.245 e. The van der Waals surface area contributed by atoms with E-state index in [0.29, 0.717) is 22.1 Å². The highest BCUT2D eigenvalue weighted by atomic mass is 32.1. The molecule has 1 amide bonds. The zero-order chi connectivity index (χ0) is 19.6. The molecule has 0 bridgehead atoms. The number of nitrogens with one attached hydrogen (secondary N) is 1. The van der Waals surface area contributed by atoms with E-state index in [-0.39, 0.29) is 16.8 Å². The van der Waals surface area contributed by atoms with E-state index in [0.717, 1.165) is 11.3 Å². The number of nitrogens with two attached hydrogens (primary N) is 1. The molecular weight excluding hydrogens is 372 g/mol. The normalized spacial score (nSPS) is 11.3. The molecule has 0 spiro atoms. The van der Waals surface area contributed by atoms with Crippen LogP contribution in [-0.2, 0) is 4.79 Å². The number of nitrogens with zero attached hydrogens (tertiary/aromatic N) is 1. The quantitative estimate of drug-likeness (QED) is 0.671. The number of ether oxygens (including phenoxy) is 1. The first-order chi connectivity index (χ1) is 12.7. The van der Waals surface area contributed by atoms with E-state index in [1.807, 2.05) is 0 Å². The van der Waals surface area contributed by atoms with Crippen molar-refractivity contribution in [3.63, 3.8) is 0 Å². The molecule has 1 aromatic heterocycles. The van der Waals surface area contributed by atoms with E-state index >= 15 is 0 Å². The lowest BCUT2D eigenvalue weighted by Crippen LogP contribution is -2.45. The summed E-state index contributed by atoms with van der Waals surface area (Å²) in [4.78, 5) is 16.5. The smallest absolute Gasteiger partial charge is 0.245 e. The van der Waals surface area contributed by atoms with Gasteiger partial charge in [-0.15, -0.1) is 0 Å². The first-order valence-electron chi connectivity index (χ1n) is 8.03. The van der Waals surface area contributed by atoms with Crippen molar-refractivity contribution >= 4 is 22.4 Å². The minimum atomic E-state index is -1.08. The Morgan fingerprint density at radius 2 is 1.63 bits per heavy atom. The fourth-order valence-electron chi connectivity index (χ4n) is 2.09. The van der Waals surface area contributed by atoms with E-state index in [1.54, 1.807) is 26.0 Å². The van der Waals surface area contributed by atoms with Crippen molar-refractivity contribution in [1.82, 2.24) is 4.98 Å². The van der Waals surface area contributed by atoms with Crippen LogP contribution >= 0.6 is 11.3 Å². The van der Waals surface area contributed by atoms with Crippen molar-refractivity contribution in [2.45, 2.75) is 19.4 Å². The van der Waals surface area contributed by atoms with Crippen LogP contribution in [0.5, 0.6) is 10.8 Å². The monoisotopic (exact) mass is 389 g/mol. The average molecular weight is 389 g/mol. The molecule has 1 heterocycles. The number of amides is 1. The molecule has 0 aliphatic heterocycles. The van der Waals surface area contributed by atoms with E-state index in [9.17, 15) is 13.6 Å². The highest BCUT2D eigenvalue weighted by Crippen LogP contribution is 2.40. The molecule has 27 heavy (non-hydrogen) atoms. The topological polar surface area (TPSA) is 77.2 Å². The van der Waals surface area contributed by atoms with Crippen molar-refractivity contribution in [1.29, 1.82) is 0 Å². The van der Waals surface area contributed by atoms with Gasteiger partial charge in [-0.2, -0.15) is 0 Å². The second-order valence-electron chi connectivity index (χ2n) is 6.39. The zero-order valence-corrected chi connectivity index (χ0v) is 15.4. The third kappa shape index (κ3) is 4.66. The second kappa shape index (κ2) is 7.42. The summed E-state index contributed by atoms with van der Waals surface area (Å²) in [5.41, 5.74) is 5.74. The molecule has 3 rings (SSSR count). The summed E-state index contributed by atoms with van der Waals surface area (Å²) >= 11 is 1.09. The molecule has 0 aliphatic carbocycles. The van der Waals surface area contributed by atoms with E-state index in [2.05, 4.69) is 10.3 Å². The van der Waals surface area contributed by atoms with Crippen molar-refractivity contribution in [3.8, 4) is 22.1 Å². The van der Waals surface area contributed by atoms with Gasteiger partial charge in [-0.3, -0.25) is 4.79 Å². The number of hydrogen-bond acceptors (Lipinski definition) is 5. The number of carbonyl (C=O) groups is 1. The Bertz CT molecular complexity index is 949. The molecule has 0 radical (unpaired) electrons. The molecule has 0 unspecified atom stereocenters. The number of benzene rings is 2. The number of halogens is 2. The molecule has 0 aliphatic rings. The van der Waals surface area contributed by atoms with Gasteiger partial charge in [0.05, 0.1) is 5.54 Å². The number of rotatable bonds is 5. The SMILES string of the molecule is CC(C)(N)C(=O)Nc1nc(-c2ccc(F)cc2)c(Oc2ccc(F)cc2)s1. The van der Waals surface area contributed by atoms with Gasteiger partial charge in [0, 0.05) is 5.56 Å². The minimum absolute atomic E-state index is 0.287. The number of carbonyl (C=O) groups excluding carboxylic acids is 1. The molecular formula is C19H17F2N3O2S. The first-order valence-corrected chi connectivity index (χ1v) is 8.84. The Hall–Kier alpha value is -2.84. The average Bonchev–Trinajstić information content (AvgIpc) is 2.99. The predicted octanol–water partition coefficient (Wildman–Crippen LogP) is 4.56. The summed E-state index contributed by atoms with van der Waals surface area (Å²) in [6.07, 6.45) is 0. The number of hydrogen-bond donors (Lipinski definition) is 2. The lowest BCUT2D eigenvalue weighted by Gasteiger charge is -2.16. The van der Waals surface area contributed by atoms with Crippen LogP contribution in [0.4, 0.5) is 13.9 Å². The largest absolute Gasteiger partial charge is 0.444 e. The van der Waals surface area contributed by atoms with Gasteiger partial charge >= 0.3 is 0 Å². The lowest BCUT2D eigenvalue weighted by molar-refractivity contribution is -0.120. The third-order valence-electron chi connectivity index (χ3n) is 3.54. The standard InChI is InChI=1S/C19H17F2N3O2S/c1-19(2,22)17(25)24-18-23-15(11-3-5-12(20)6-4-11)16(27-18)26-14-9-7-13(21)8-10-14/h3-10H,22H2,1-2H3,(H,23,24,25). The predicted molar refractivity (Wildman–Crippen MR) is 101 cm³/mol. The van der Waals surface area contributed by atoms with Crippen molar-refractivity contribution < 1.29 is 18.3 Å². The van der Waals surface area contributed by atoms with Crippen LogP contribution in [0.25, 0.3) is 11.3 Å². The number of thiazole rings is 1. The molecule has 8 heteroatoms. The molecule has 5 nitrogen and oxygen atoms in total. The van der Waals surface area contributed by atoms with Crippen molar-refractivity contribution in [2.75, 3.05) is 5.32 Å². The molecule has 3 N–H and O–H groups in total. The molecule has 0 fully saturated rings. The highest BCUT2D eigenvalue weighted by molar-refractivity contribution is 7.18. The summed E-state index contributed by atoms with van der Waals surface area (Å²) in [5.74, 6) is -0.771. The van der Waals surface area contributed by atoms with Crippen molar-refractivity contribution in [3.05, 3.63) is 60.2 Å². The van der Waals surface area contributed by atoms with Gasteiger partial charge in [-0.1, -0.05) is 11.3 Å². The Morgan fingerprint density at radius 3 is 2.19 bits per heavy atom. The Balaban J connectivity index is 1.97. The van der Waals surface area contributed by atoms with Gasteiger partial charge in [0.25, 0.3) is 0 Å². The van der Waals surface area contributed by atoms with Gasteiger partial charge in [-0.05, 0) is 62.4 Å². The Morgan fingerprint density at radius 1 is 1.07 bits per heavy atom. The minimum Gasteiger partial charge on any atom is -0.444 e. The fraction of sp³-hybridized carbons (Fsp3) is 0.158. The van der Waals surface area contributed by atoms with E-state index in [1.165, 1.54) is 36.4 Å². The van der Waals surface area contributed by atoms with Crippen LogP contribution in [-0.4, -0.2) is 16.4 Å². The highest BCUT2D eigenvalue weighted by Gasteiger charge is 2.24. The Labute approximate surface area is 158 Å². The Kier molecular flexibility index (Phi) is 5.20. The van der Waals surface area contributed by atoms with Gasteiger partial charge in [-0.25, -0.2) is 13.8 Å². The second-order valence-corrected chi connectivity index (χ2v) is 7.36. The van der Waals surface area contributed by atoms with Crippen LogP contribution in [0.15, 0.2) is 48.5 Å². The first kappa shape index (κ1) is 18.9. The lowest BCUT2D eigenvalue weighted by atomic mass is 10.1. The van der Waals surface area contributed by atoms with Gasteiger partial charge in [0.15, 0.2) is 5.13 Å². The zero-order valence-electron chi connectivity index (χ0n) is 14.6.